The number of ketones is 1. The molecule has 1 fully saturated rings. The highest BCUT2D eigenvalue weighted by molar-refractivity contribution is 6.00. The van der Waals surface area contributed by atoms with E-state index in [9.17, 15) is 15.1 Å². The summed E-state index contributed by atoms with van der Waals surface area (Å²) in [7, 11) is 0. The van der Waals surface area contributed by atoms with Crippen molar-refractivity contribution in [1.29, 1.82) is 0 Å². The maximum Gasteiger partial charge on any atom is 0.172 e. The molecule has 1 aliphatic rings. The minimum absolute atomic E-state index is 0.00643. The van der Waals surface area contributed by atoms with Gasteiger partial charge in [-0.1, -0.05) is 109 Å². The van der Waals surface area contributed by atoms with E-state index in [2.05, 4.69) is 0 Å². The van der Waals surface area contributed by atoms with Gasteiger partial charge in [0.05, 0.1) is 18.5 Å². The fourth-order valence-electron chi connectivity index (χ4n) is 5.09. The van der Waals surface area contributed by atoms with Crippen LogP contribution in [0.3, 0.4) is 0 Å². The van der Waals surface area contributed by atoms with Crippen molar-refractivity contribution in [3.05, 3.63) is 149 Å². The molecule has 2 N–H and O–H groups in total. The molecule has 0 amide bonds. The van der Waals surface area contributed by atoms with Gasteiger partial charge in [0.2, 0.25) is 0 Å². The molecule has 6 nitrogen and oxygen atoms in total. The lowest BCUT2D eigenvalue weighted by atomic mass is 9.86. The summed E-state index contributed by atoms with van der Waals surface area (Å²) in [4.78, 5) is 20.3. The van der Waals surface area contributed by atoms with Crippen LogP contribution in [0.5, 0.6) is 0 Å². The summed E-state index contributed by atoms with van der Waals surface area (Å²) in [5.41, 5.74) is 4.85. The van der Waals surface area contributed by atoms with Crippen LogP contribution in [0, 0.1) is 19.8 Å². The van der Waals surface area contributed by atoms with Crippen molar-refractivity contribution >= 4 is 11.5 Å². The average molecular weight is 535 g/mol. The fraction of sp³-hybridized carbons (Fsp3) is 0.206. The molecule has 5 rings (SSSR count). The van der Waals surface area contributed by atoms with Gasteiger partial charge >= 0.3 is 0 Å². The minimum Gasteiger partial charge on any atom is -0.508 e. The van der Waals surface area contributed by atoms with Crippen LogP contribution in [0.25, 0.3) is 5.76 Å². The van der Waals surface area contributed by atoms with Crippen molar-refractivity contribution < 1.29 is 19.9 Å². The number of carbonyl (C=O) groups excluding carboxylic acids is 1. The molecule has 0 aliphatic carbocycles. The number of rotatable bonds is 11. The summed E-state index contributed by atoms with van der Waals surface area (Å²) in [6.45, 7) is 4.46. The Morgan fingerprint density at radius 3 is 1.95 bits per heavy atom. The second-order valence-electron chi connectivity index (χ2n) is 10.2. The lowest BCUT2D eigenvalue weighted by Gasteiger charge is -2.30. The van der Waals surface area contributed by atoms with Crippen molar-refractivity contribution in [3.8, 4) is 0 Å². The Morgan fingerprint density at radius 1 is 0.825 bits per heavy atom. The van der Waals surface area contributed by atoms with E-state index in [1.165, 1.54) is 0 Å². The summed E-state index contributed by atoms with van der Waals surface area (Å²) < 4.78 is 0. The van der Waals surface area contributed by atoms with E-state index in [1.807, 2.05) is 117 Å². The molecule has 1 aliphatic heterocycles. The number of hydroxylamine groups is 4. The molecule has 0 bridgehead atoms. The monoisotopic (exact) mass is 534 g/mol. The van der Waals surface area contributed by atoms with E-state index in [1.54, 1.807) is 17.2 Å². The molecule has 0 radical (unpaired) electrons. The van der Waals surface area contributed by atoms with Gasteiger partial charge in [-0.25, -0.2) is 0 Å². The van der Waals surface area contributed by atoms with Crippen LogP contribution in [0.2, 0.25) is 0 Å². The highest BCUT2D eigenvalue weighted by atomic mass is 16.8. The number of hydrogen-bond acceptors (Lipinski definition) is 6. The lowest BCUT2D eigenvalue weighted by molar-refractivity contribution is -0.133. The molecule has 6 heteroatoms. The molecular weight excluding hydrogens is 500 g/mol. The first-order chi connectivity index (χ1) is 19.4. The van der Waals surface area contributed by atoms with E-state index < -0.39 is 18.2 Å². The van der Waals surface area contributed by atoms with Crippen molar-refractivity contribution in [2.75, 3.05) is 0 Å². The number of nitrogens with zero attached hydrogens (tertiary/aromatic N) is 2. The second-order valence-corrected chi connectivity index (χ2v) is 10.2. The molecule has 0 aromatic heterocycles. The second kappa shape index (κ2) is 12.4. The first-order valence-corrected chi connectivity index (χ1v) is 13.5. The average Bonchev–Trinajstić information content (AvgIpc) is 3.72. The lowest BCUT2D eigenvalue weighted by Crippen LogP contribution is -2.44. The van der Waals surface area contributed by atoms with Crippen LogP contribution in [0.15, 0.2) is 115 Å². The van der Waals surface area contributed by atoms with Gasteiger partial charge in [-0.3, -0.25) is 9.63 Å². The first-order valence-electron chi connectivity index (χ1n) is 13.5. The van der Waals surface area contributed by atoms with Gasteiger partial charge in [0.15, 0.2) is 12.0 Å². The molecule has 4 aromatic rings. The van der Waals surface area contributed by atoms with Crippen LogP contribution in [0.1, 0.15) is 38.2 Å². The van der Waals surface area contributed by atoms with Crippen LogP contribution < -0.4 is 0 Å². The smallest absolute Gasteiger partial charge is 0.172 e. The maximum atomic E-state index is 14.3. The zero-order valence-electron chi connectivity index (χ0n) is 22.7. The van der Waals surface area contributed by atoms with Crippen molar-refractivity contribution in [1.82, 2.24) is 10.1 Å². The third kappa shape index (κ3) is 6.38. The van der Waals surface area contributed by atoms with E-state index in [4.69, 9.17) is 4.84 Å². The predicted octanol–water partition coefficient (Wildman–Crippen LogP) is 6.73. The van der Waals surface area contributed by atoms with E-state index in [0.717, 1.165) is 27.3 Å². The Hall–Kier alpha value is -4.07. The Bertz CT molecular complexity index is 1470. The zero-order chi connectivity index (χ0) is 28.1. The van der Waals surface area contributed by atoms with Crippen LogP contribution >= 0.6 is 0 Å². The van der Waals surface area contributed by atoms with Crippen LogP contribution in [0.4, 0.5) is 0 Å². The van der Waals surface area contributed by atoms with Crippen LogP contribution in [-0.4, -0.2) is 38.5 Å². The van der Waals surface area contributed by atoms with Gasteiger partial charge in [-0.2, -0.15) is 10.1 Å². The number of carbonyl (C=O) groups is 1. The predicted molar refractivity (Wildman–Crippen MR) is 155 cm³/mol. The molecule has 204 valence electrons. The van der Waals surface area contributed by atoms with Crippen molar-refractivity contribution in [3.63, 3.8) is 0 Å². The number of aliphatic hydroxyl groups is 1. The largest absolute Gasteiger partial charge is 0.508 e. The van der Waals surface area contributed by atoms with Gasteiger partial charge in [-0.15, -0.1) is 0 Å². The van der Waals surface area contributed by atoms with Crippen molar-refractivity contribution in [2.45, 2.75) is 39.2 Å². The summed E-state index contributed by atoms with van der Waals surface area (Å²) >= 11 is 0. The standard InChI is InChI=1S/C34H34N2O4/c1-24-13-9-11-19-28(24)31(37)21-30(35(39)22-26-15-5-3-6-16-26)32(33(38)29-20-12-10-14-25(29)2)34-36(40-34)23-27-17-7-4-8-18-27/h3-21,30,32,34,37,39H,22-23H2,1-2H3/b31-21+. The third-order valence-corrected chi connectivity index (χ3v) is 7.33. The van der Waals surface area contributed by atoms with E-state index >= 15 is 0 Å². The van der Waals surface area contributed by atoms with Crippen molar-refractivity contribution in [2.24, 2.45) is 5.92 Å². The molecule has 1 saturated heterocycles. The Balaban J connectivity index is 1.56. The van der Waals surface area contributed by atoms with Gasteiger partial charge in [0.25, 0.3) is 0 Å². The molecule has 40 heavy (non-hydrogen) atoms. The molecule has 1 heterocycles. The zero-order valence-corrected chi connectivity index (χ0v) is 22.7. The maximum absolute atomic E-state index is 14.3. The minimum atomic E-state index is -0.891. The van der Waals surface area contributed by atoms with Crippen LogP contribution in [-0.2, 0) is 17.9 Å². The molecule has 4 aromatic carbocycles. The van der Waals surface area contributed by atoms with Gasteiger partial charge in [0, 0.05) is 17.7 Å². The Labute approximate surface area is 235 Å². The highest BCUT2D eigenvalue weighted by Gasteiger charge is 2.51. The number of aliphatic hydroxyl groups excluding tert-OH is 1. The summed E-state index contributed by atoms with van der Waals surface area (Å²) in [6.07, 6.45) is 0.984. The first kappa shape index (κ1) is 27.5. The van der Waals surface area contributed by atoms with Gasteiger partial charge < -0.3 is 10.3 Å². The summed E-state index contributed by atoms with van der Waals surface area (Å²) in [5.74, 6) is -0.998. The topological polar surface area (TPSA) is 76.3 Å². The van der Waals surface area contributed by atoms with Gasteiger partial charge in [-0.05, 0) is 42.2 Å². The Morgan fingerprint density at radius 2 is 1.35 bits per heavy atom. The Kier molecular flexibility index (Phi) is 8.53. The third-order valence-electron chi connectivity index (χ3n) is 7.33. The van der Waals surface area contributed by atoms with Gasteiger partial charge in [0.1, 0.15) is 5.76 Å². The summed E-state index contributed by atoms with van der Waals surface area (Å²) in [6, 6.07) is 33.5. The molecular formula is C34H34N2O4. The SMILES string of the molecule is Cc1ccccc1C(=O)C(C(/C=C(/O)c1ccccc1C)N(O)Cc1ccccc1)C1ON1Cc1ccccc1. The molecule has 0 saturated carbocycles. The normalized spacial score (nSPS) is 18.4. The number of benzene rings is 4. The molecule has 0 spiro atoms. The highest BCUT2D eigenvalue weighted by Crippen LogP contribution is 2.37. The van der Waals surface area contributed by atoms with E-state index in [-0.39, 0.29) is 18.1 Å². The molecule has 4 atom stereocenters. The number of Topliss-reactive ketones (excluding diaryl/α,β-unsaturated/α-hetero) is 1. The quantitative estimate of drug-likeness (QED) is 0.0961. The number of hydrogen-bond donors (Lipinski definition) is 2. The summed E-state index contributed by atoms with van der Waals surface area (Å²) in [5, 5.41) is 25.8. The van der Waals surface area contributed by atoms with E-state index in [0.29, 0.717) is 17.7 Å². The molecule has 4 unspecified atom stereocenters. The number of aryl methyl sites for hydroxylation is 2. The fourth-order valence-corrected chi connectivity index (χ4v) is 5.09.